The zero-order valence-corrected chi connectivity index (χ0v) is 13.9. The third-order valence-electron chi connectivity index (χ3n) is 3.97. The number of para-hydroxylation sites is 1. The molecule has 0 unspecified atom stereocenters. The van der Waals surface area contributed by atoms with Crippen molar-refractivity contribution in [2.24, 2.45) is 0 Å². The van der Waals surface area contributed by atoms with Crippen molar-refractivity contribution in [2.45, 2.75) is 19.4 Å². The number of carbonyl (C=O) groups is 1. The number of pyridine rings is 1. The van der Waals surface area contributed by atoms with E-state index < -0.39 is 0 Å². The molecular weight excluding hydrogens is 314 g/mol. The van der Waals surface area contributed by atoms with E-state index in [0.29, 0.717) is 18.5 Å². The number of hydrogen-bond donors (Lipinski definition) is 3. The van der Waals surface area contributed by atoms with Crippen LogP contribution in [0.25, 0.3) is 10.9 Å². The highest BCUT2D eigenvalue weighted by Gasteiger charge is 2.06. The van der Waals surface area contributed by atoms with E-state index in [0.717, 1.165) is 29.6 Å². The molecular formula is C20H21N3O2. The molecule has 1 aromatic heterocycles. The summed E-state index contributed by atoms with van der Waals surface area (Å²) in [6.45, 7) is 1.41. The van der Waals surface area contributed by atoms with E-state index in [-0.39, 0.29) is 11.7 Å². The Hall–Kier alpha value is -2.92. The lowest BCUT2D eigenvalue weighted by Gasteiger charge is -2.09. The Morgan fingerprint density at radius 1 is 1.04 bits per heavy atom. The number of fused-ring (bicyclic) bond motifs is 1. The van der Waals surface area contributed by atoms with E-state index in [4.69, 9.17) is 0 Å². The minimum absolute atomic E-state index is 0.0206. The van der Waals surface area contributed by atoms with Crippen molar-refractivity contribution in [3.63, 3.8) is 0 Å². The first-order chi connectivity index (χ1) is 12.2. The predicted octanol–water partition coefficient (Wildman–Crippen LogP) is 3.45. The van der Waals surface area contributed by atoms with Crippen LogP contribution >= 0.6 is 0 Å². The molecule has 5 nitrogen and oxygen atoms in total. The molecule has 3 N–H and O–H groups in total. The lowest BCUT2D eigenvalue weighted by molar-refractivity contribution is -0.116. The molecule has 0 spiro atoms. The largest absolute Gasteiger partial charge is 0.506 e. The molecule has 0 saturated carbocycles. The van der Waals surface area contributed by atoms with Crippen LogP contribution in [0.15, 0.2) is 60.8 Å². The van der Waals surface area contributed by atoms with Crippen LogP contribution in [0.4, 0.5) is 5.69 Å². The Morgan fingerprint density at radius 3 is 2.72 bits per heavy atom. The summed E-state index contributed by atoms with van der Waals surface area (Å²) >= 11 is 0. The molecule has 25 heavy (non-hydrogen) atoms. The molecule has 3 aromatic rings. The average molecular weight is 335 g/mol. The summed E-state index contributed by atoms with van der Waals surface area (Å²) in [5.74, 6) is 0.212. The van der Waals surface area contributed by atoms with Gasteiger partial charge in [-0.05, 0) is 42.8 Å². The molecule has 128 valence electrons. The van der Waals surface area contributed by atoms with Gasteiger partial charge < -0.3 is 15.7 Å². The van der Waals surface area contributed by atoms with Crippen LogP contribution in [0.1, 0.15) is 18.4 Å². The highest BCUT2D eigenvalue weighted by atomic mass is 16.3. The second-order valence-corrected chi connectivity index (χ2v) is 5.84. The summed E-state index contributed by atoms with van der Waals surface area (Å²) in [5.41, 5.74) is 2.52. The molecule has 0 radical (unpaired) electrons. The van der Waals surface area contributed by atoms with Crippen molar-refractivity contribution in [1.29, 1.82) is 0 Å². The first kappa shape index (κ1) is 16.9. The SMILES string of the molecule is O=C(CCCNCc1ccc(O)c2ncccc12)Nc1ccccc1. The molecule has 0 bridgehead atoms. The van der Waals surface area contributed by atoms with Gasteiger partial charge in [0.15, 0.2) is 0 Å². The van der Waals surface area contributed by atoms with Crippen LogP contribution in [0, 0.1) is 0 Å². The van der Waals surface area contributed by atoms with Gasteiger partial charge >= 0.3 is 0 Å². The van der Waals surface area contributed by atoms with Crippen LogP contribution < -0.4 is 10.6 Å². The number of amides is 1. The second-order valence-electron chi connectivity index (χ2n) is 5.84. The molecule has 0 aliphatic carbocycles. The van der Waals surface area contributed by atoms with Crippen LogP contribution in [0.5, 0.6) is 5.75 Å². The van der Waals surface area contributed by atoms with Crippen LogP contribution in [0.2, 0.25) is 0 Å². The quantitative estimate of drug-likeness (QED) is 0.578. The van der Waals surface area contributed by atoms with Crippen molar-refractivity contribution >= 4 is 22.5 Å². The minimum Gasteiger partial charge on any atom is -0.506 e. The molecule has 2 aromatic carbocycles. The monoisotopic (exact) mass is 335 g/mol. The van der Waals surface area contributed by atoms with E-state index >= 15 is 0 Å². The number of phenols is 1. The van der Waals surface area contributed by atoms with Gasteiger partial charge in [-0.25, -0.2) is 0 Å². The molecule has 1 amide bonds. The maximum absolute atomic E-state index is 11.9. The standard InChI is InChI=1S/C20H21N3O2/c24-18-11-10-15(17-8-4-13-22-20(17)18)14-21-12-5-9-19(25)23-16-6-2-1-3-7-16/h1-4,6-8,10-11,13,21,24H,5,9,12,14H2,(H,23,25). The predicted molar refractivity (Wildman–Crippen MR) is 99.4 cm³/mol. The Morgan fingerprint density at radius 2 is 1.88 bits per heavy atom. The average Bonchev–Trinajstić information content (AvgIpc) is 2.64. The fourth-order valence-electron chi connectivity index (χ4n) is 2.71. The highest BCUT2D eigenvalue weighted by molar-refractivity contribution is 5.90. The van der Waals surface area contributed by atoms with Gasteiger partial charge in [-0.1, -0.05) is 30.3 Å². The van der Waals surface area contributed by atoms with Crippen molar-refractivity contribution in [1.82, 2.24) is 10.3 Å². The number of benzene rings is 2. The smallest absolute Gasteiger partial charge is 0.224 e. The molecule has 0 aliphatic rings. The van der Waals surface area contributed by atoms with Crippen LogP contribution in [0.3, 0.4) is 0 Å². The highest BCUT2D eigenvalue weighted by Crippen LogP contribution is 2.25. The number of anilines is 1. The summed E-state index contributed by atoms with van der Waals surface area (Å²) in [6.07, 6.45) is 2.90. The Kier molecular flexibility index (Phi) is 5.59. The summed E-state index contributed by atoms with van der Waals surface area (Å²) in [5, 5.41) is 17.0. The van der Waals surface area contributed by atoms with Crippen molar-refractivity contribution in [3.8, 4) is 5.75 Å². The molecule has 0 saturated heterocycles. The van der Waals surface area contributed by atoms with Crippen molar-refractivity contribution < 1.29 is 9.90 Å². The molecule has 1 heterocycles. The van der Waals surface area contributed by atoms with E-state index in [1.54, 1.807) is 12.3 Å². The number of nitrogens with zero attached hydrogens (tertiary/aromatic N) is 1. The van der Waals surface area contributed by atoms with Gasteiger partial charge in [0, 0.05) is 30.2 Å². The molecule has 0 fully saturated rings. The maximum atomic E-state index is 11.9. The number of aromatic hydroxyl groups is 1. The van der Waals surface area contributed by atoms with E-state index in [9.17, 15) is 9.90 Å². The summed E-state index contributed by atoms with van der Waals surface area (Å²) in [4.78, 5) is 16.1. The van der Waals surface area contributed by atoms with Gasteiger partial charge in [0.25, 0.3) is 0 Å². The minimum atomic E-state index is 0.0206. The van der Waals surface area contributed by atoms with Crippen molar-refractivity contribution in [3.05, 3.63) is 66.4 Å². The topological polar surface area (TPSA) is 74.2 Å². The Balaban J connectivity index is 1.45. The number of phenolic OH excluding ortho intramolecular Hbond substituents is 1. The molecule has 5 heteroatoms. The number of rotatable bonds is 7. The van der Waals surface area contributed by atoms with Crippen LogP contribution in [-0.4, -0.2) is 22.5 Å². The summed E-state index contributed by atoms with van der Waals surface area (Å²) in [6, 6.07) is 16.8. The van der Waals surface area contributed by atoms with E-state index in [2.05, 4.69) is 15.6 Å². The first-order valence-corrected chi connectivity index (χ1v) is 8.35. The number of aromatic nitrogens is 1. The van der Waals surface area contributed by atoms with E-state index in [1.165, 1.54) is 0 Å². The van der Waals surface area contributed by atoms with Gasteiger partial charge in [0.05, 0.1) is 0 Å². The maximum Gasteiger partial charge on any atom is 0.224 e. The van der Waals surface area contributed by atoms with Gasteiger partial charge in [0.2, 0.25) is 5.91 Å². The first-order valence-electron chi connectivity index (χ1n) is 8.35. The lowest BCUT2D eigenvalue weighted by atomic mass is 10.1. The van der Waals surface area contributed by atoms with Crippen molar-refractivity contribution in [2.75, 3.05) is 11.9 Å². The normalized spacial score (nSPS) is 10.7. The van der Waals surface area contributed by atoms with Gasteiger partial charge in [-0.2, -0.15) is 0 Å². The second kappa shape index (κ2) is 8.26. The van der Waals surface area contributed by atoms with Gasteiger partial charge in [-0.15, -0.1) is 0 Å². The molecule has 0 atom stereocenters. The number of nitrogens with one attached hydrogen (secondary N) is 2. The number of carbonyl (C=O) groups excluding carboxylic acids is 1. The van der Waals surface area contributed by atoms with Gasteiger partial charge in [0.1, 0.15) is 11.3 Å². The van der Waals surface area contributed by atoms with E-state index in [1.807, 2.05) is 48.5 Å². The summed E-state index contributed by atoms with van der Waals surface area (Å²) < 4.78 is 0. The molecule has 3 rings (SSSR count). The van der Waals surface area contributed by atoms with Crippen LogP contribution in [-0.2, 0) is 11.3 Å². The fourth-order valence-corrected chi connectivity index (χ4v) is 2.71. The summed E-state index contributed by atoms with van der Waals surface area (Å²) in [7, 11) is 0. The number of hydrogen-bond acceptors (Lipinski definition) is 4. The zero-order chi connectivity index (χ0) is 17.5. The third kappa shape index (κ3) is 4.55. The third-order valence-corrected chi connectivity index (χ3v) is 3.97. The fraction of sp³-hybridized carbons (Fsp3) is 0.200. The zero-order valence-electron chi connectivity index (χ0n) is 13.9. The van der Waals surface area contributed by atoms with Gasteiger partial charge in [-0.3, -0.25) is 9.78 Å². The lowest BCUT2D eigenvalue weighted by Crippen LogP contribution is -2.18. The molecule has 0 aliphatic heterocycles. The Labute approximate surface area is 146 Å². The Bertz CT molecular complexity index is 850.